The van der Waals surface area contributed by atoms with Gasteiger partial charge in [-0.3, -0.25) is 0 Å². The summed E-state index contributed by atoms with van der Waals surface area (Å²) in [4.78, 5) is 15.6. The Morgan fingerprint density at radius 1 is 1.13 bits per heavy atom. The Bertz CT molecular complexity index is 840. The van der Waals surface area contributed by atoms with E-state index in [4.69, 9.17) is 4.42 Å². The molecule has 0 fully saturated rings. The van der Waals surface area contributed by atoms with Crippen LogP contribution in [0.3, 0.4) is 0 Å². The van der Waals surface area contributed by atoms with E-state index < -0.39 is 5.97 Å². The molecule has 3 aromatic rings. The van der Waals surface area contributed by atoms with Gasteiger partial charge in [-0.2, -0.15) is 0 Å². The zero-order valence-electron chi connectivity index (χ0n) is 12.6. The molecule has 0 aliphatic heterocycles. The van der Waals surface area contributed by atoms with Gasteiger partial charge in [0.05, 0.1) is 12.1 Å². The second kappa shape index (κ2) is 6.36. The Kier molecular flexibility index (Phi) is 4.10. The maximum Gasteiger partial charge on any atom is 0.336 e. The topological polar surface area (TPSA) is 75.4 Å². The molecular weight excluding hydrogens is 292 g/mol. The van der Waals surface area contributed by atoms with E-state index in [0.29, 0.717) is 23.6 Å². The summed E-state index contributed by atoms with van der Waals surface area (Å²) in [6.07, 6.45) is 0. The summed E-state index contributed by atoms with van der Waals surface area (Å²) >= 11 is 0. The van der Waals surface area contributed by atoms with Crippen LogP contribution in [0.1, 0.15) is 21.8 Å². The van der Waals surface area contributed by atoms with Crippen molar-refractivity contribution < 1.29 is 14.3 Å². The molecule has 0 aliphatic rings. The van der Waals surface area contributed by atoms with Gasteiger partial charge in [0, 0.05) is 11.3 Å². The van der Waals surface area contributed by atoms with Crippen molar-refractivity contribution in [2.75, 3.05) is 5.32 Å². The summed E-state index contributed by atoms with van der Waals surface area (Å²) in [5.74, 6) is 1.05. The highest BCUT2D eigenvalue weighted by atomic mass is 16.4. The summed E-state index contributed by atoms with van der Waals surface area (Å²) in [5.41, 5.74) is 1.73. The fourth-order valence-electron chi connectivity index (χ4n) is 2.32. The molecule has 116 valence electrons. The highest BCUT2D eigenvalue weighted by molar-refractivity contribution is 5.95. The van der Waals surface area contributed by atoms with Crippen LogP contribution in [0.2, 0.25) is 0 Å². The van der Waals surface area contributed by atoms with Gasteiger partial charge < -0.3 is 14.8 Å². The Hall–Kier alpha value is -3.08. The molecule has 0 aliphatic carbocycles. The molecule has 2 N–H and O–H groups in total. The number of rotatable bonds is 5. The summed E-state index contributed by atoms with van der Waals surface area (Å²) in [6, 6.07) is 16.1. The van der Waals surface area contributed by atoms with Crippen molar-refractivity contribution in [1.82, 2.24) is 4.98 Å². The van der Waals surface area contributed by atoms with Gasteiger partial charge in [-0.25, -0.2) is 9.78 Å². The van der Waals surface area contributed by atoms with Crippen molar-refractivity contribution in [3.05, 3.63) is 71.6 Å². The number of nitrogens with one attached hydrogen (secondary N) is 1. The predicted octanol–water partition coefficient (Wildman–Crippen LogP) is 3.96. The van der Waals surface area contributed by atoms with Crippen LogP contribution in [-0.4, -0.2) is 16.1 Å². The van der Waals surface area contributed by atoms with E-state index in [2.05, 4.69) is 10.3 Å². The third kappa shape index (κ3) is 3.40. The molecule has 0 amide bonds. The van der Waals surface area contributed by atoms with Crippen LogP contribution in [-0.2, 0) is 6.54 Å². The van der Waals surface area contributed by atoms with Crippen LogP contribution in [0.25, 0.3) is 11.3 Å². The van der Waals surface area contributed by atoms with Crippen LogP contribution in [0, 0.1) is 6.92 Å². The van der Waals surface area contributed by atoms with Gasteiger partial charge in [0.1, 0.15) is 17.3 Å². The minimum absolute atomic E-state index is 0.224. The summed E-state index contributed by atoms with van der Waals surface area (Å²) in [5, 5.41) is 12.4. The number of furan rings is 1. The molecule has 5 heteroatoms. The van der Waals surface area contributed by atoms with E-state index in [-0.39, 0.29) is 5.56 Å². The van der Waals surface area contributed by atoms with E-state index >= 15 is 0 Å². The molecule has 0 radical (unpaired) electrons. The average Bonchev–Trinajstić information content (AvgIpc) is 3.02. The average molecular weight is 308 g/mol. The van der Waals surface area contributed by atoms with E-state index in [0.717, 1.165) is 11.5 Å². The zero-order valence-corrected chi connectivity index (χ0v) is 12.6. The quantitative estimate of drug-likeness (QED) is 0.746. The van der Waals surface area contributed by atoms with Gasteiger partial charge in [-0.1, -0.05) is 24.3 Å². The first-order valence-corrected chi connectivity index (χ1v) is 7.22. The largest absolute Gasteiger partial charge is 0.478 e. The van der Waals surface area contributed by atoms with Gasteiger partial charge in [0.2, 0.25) is 0 Å². The lowest BCUT2D eigenvalue weighted by Crippen LogP contribution is -2.00. The van der Waals surface area contributed by atoms with Gasteiger partial charge >= 0.3 is 5.97 Å². The lowest BCUT2D eigenvalue weighted by atomic mass is 10.1. The molecular formula is C18H16N2O3. The van der Waals surface area contributed by atoms with Crippen LogP contribution in [0.15, 0.2) is 59.0 Å². The minimum atomic E-state index is -0.972. The van der Waals surface area contributed by atoms with Gasteiger partial charge in [0.25, 0.3) is 0 Å². The van der Waals surface area contributed by atoms with Gasteiger partial charge in [0.15, 0.2) is 0 Å². The third-order valence-electron chi connectivity index (χ3n) is 3.42. The lowest BCUT2D eigenvalue weighted by Gasteiger charge is -2.05. The Balaban J connectivity index is 1.77. The number of aryl methyl sites for hydroxylation is 1. The number of carboxylic acids is 1. The fourth-order valence-corrected chi connectivity index (χ4v) is 2.32. The molecule has 0 saturated heterocycles. The number of hydrogen-bond acceptors (Lipinski definition) is 4. The highest BCUT2D eigenvalue weighted by Gasteiger charge is 2.13. The van der Waals surface area contributed by atoms with E-state index in [9.17, 15) is 9.90 Å². The molecule has 1 aromatic carbocycles. The SMILES string of the molecule is Cc1cccc(NCc2ccc(-c3ccccc3C(=O)O)o2)n1. The molecule has 0 unspecified atom stereocenters. The number of hydrogen-bond donors (Lipinski definition) is 2. The smallest absolute Gasteiger partial charge is 0.336 e. The number of aromatic carboxylic acids is 1. The van der Waals surface area contributed by atoms with E-state index in [1.807, 2.05) is 31.2 Å². The first-order valence-electron chi connectivity index (χ1n) is 7.22. The van der Waals surface area contributed by atoms with Crippen molar-refractivity contribution in [3.8, 4) is 11.3 Å². The van der Waals surface area contributed by atoms with Crippen molar-refractivity contribution in [3.63, 3.8) is 0 Å². The molecule has 0 spiro atoms. The number of benzene rings is 1. The predicted molar refractivity (Wildman–Crippen MR) is 87.4 cm³/mol. The summed E-state index contributed by atoms with van der Waals surface area (Å²) < 4.78 is 5.76. The minimum Gasteiger partial charge on any atom is -0.478 e. The molecule has 5 nitrogen and oxygen atoms in total. The van der Waals surface area contributed by atoms with E-state index in [1.54, 1.807) is 30.3 Å². The monoisotopic (exact) mass is 308 g/mol. The normalized spacial score (nSPS) is 10.5. The molecule has 0 atom stereocenters. The van der Waals surface area contributed by atoms with Crippen molar-refractivity contribution in [2.24, 2.45) is 0 Å². The molecule has 2 heterocycles. The maximum atomic E-state index is 11.3. The highest BCUT2D eigenvalue weighted by Crippen LogP contribution is 2.26. The van der Waals surface area contributed by atoms with Crippen molar-refractivity contribution in [1.29, 1.82) is 0 Å². The maximum absolute atomic E-state index is 11.3. The molecule has 23 heavy (non-hydrogen) atoms. The molecule has 0 saturated carbocycles. The molecule has 2 aromatic heterocycles. The van der Waals surface area contributed by atoms with Crippen LogP contribution in [0.4, 0.5) is 5.82 Å². The lowest BCUT2D eigenvalue weighted by molar-refractivity contribution is 0.0697. The van der Waals surface area contributed by atoms with Crippen LogP contribution < -0.4 is 5.32 Å². The summed E-state index contributed by atoms with van der Waals surface area (Å²) in [7, 11) is 0. The first-order chi connectivity index (χ1) is 11.1. The zero-order chi connectivity index (χ0) is 16.2. The Morgan fingerprint density at radius 3 is 2.74 bits per heavy atom. The number of nitrogens with zero attached hydrogens (tertiary/aromatic N) is 1. The molecule has 3 rings (SSSR count). The van der Waals surface area contributed by atoms with Crippen molar-refractivity contribution in [2.45, 2.75) is 13.5 Å². The van der Waals surface area contributed by atoms with Gasteiger partial charge in [-0.05, 0) is 37.3 Å². The third-order valence-corrected chi connectivity index (χ3v) is 3.42. The number of carboxylic acid groups (broad SMARTS) is 1. The number of carbonyl (C=O) groups is 1. The second-order valence-electron chi connectivity index (χ2n) is 5.13. The second-order valence-corrected chi connectivity index (χ2v) is 5.13. The van der Waals surface area contributed by atoms with Crippen molar-refractivity contribution >= 4 is 11.8 Å². The molecule has 0 bridgehead atoms. The van der Waals surface area contributed by atoms with Gasteiger partial charge in [-0.15, -0.1) is 0 Å². The van der Waals surface area contributed by atoms with E-state index in [1.165, 1.54) is 0 Å². The van der Waals surface area contributed by atoms with Crippen LogP contribution >= 0.6 is 0 Å². The first kappa shape index (κ1) is 14.8. The standard InChI is InChI=1S/C18H16N2O3/c1-12-5-4-8-17(20-12)19-11-13-9-10-16(23-13)14-6-2-3-7-15(14)18(21)22/h2-10H,11H2,1H3,(H,19,20)(H,21,22). The Labute approximate surface area is 133 Å². The van der Waals surface area contributed by atoms with Crippen LogP contribution in [0.5, 0.6) is 0 Å². The number of pyridine rings is 1. The fraction of sp³-hybridized carbons (Fsp3) is 0.111. The summed E-state index contributed by atoms with van der Waals surface area (Å²) in [6.45, 7) is 2.41. The number of aromatic nitrogens is 1. The Morgan fingerprint density at radius 2 is 1.96 bits per heavy atom. The number of anilines is 1.